The lowest BCUT2D eigenvalue weighted by Gasteiger charge is -2.32. The third-order valence-corrected chi connectivity index (χ3v) is 3.13. The van der Waals surface area contributed by atoms with E-state index in [9.17, 15) is 10.1 Å². The molecule has 0 amide bonds. The van der Waals surface area contributed by atoms with Crippen LogP contribution in [-0.4, -0.2) is 24.1 Å². The number of nitro benzene ring substituents is 1. The summed E-state index contributed by atoms with van der Waals surface area (Å²) in [6, 6.07) is 4.74. The van der Waals surface area contributed by atoms with Crippen LogP contribution in [0, 0.1) is 16.0 Å². The van der Waals surface area contributed by atoms with Crippen LogP contribution in [0.1, 0.15) is 27.2 Å². The van der Waals surface area contributed by atoms with Crippen molar-refractivity contribution in [2.75, 3.05) is 19.0 Å². The lowest BCUT2D eigenvalue weighted by Crippen LogP contribution is -2.43. The van der Waals surface area contributed by atoms with E-state index in [4.69, 9.17) is 10.5 Å². The number of hydrogen-bond donors (Lipinski definition) is 2. The maximum atomic E-state index is 10.9. The molecule has 0 radical (unpaired) electrons. The predicted octanol–water partition coefficient (Wildman–Crippen LogP) is 2.78. The fraction of sp³-hybridized carbons (Fsp3) is 0.571. The number of nitrogens with zero attached hydrogens (tertiary/aromatic N) is 1. The monoisotopic (exact) mass is 281 g/mol. The maximum absolute atomic E-state index is 10.9. The molecule has 0 aromatic heterocycles. The summed E-state index contributed by atoms with van der Waals surface area (Å²) in [5.41, 5.74) is 6.32. The highest BCUT2D eigenvalue weighted by molar-refractivity contribution is 5.58. The van der Waals surface area contributed by atoms with Gasteiger partial charge in [0.05, 0.1) is 12.0 Å². The molecule has 1 rings (SSSR count). The lowest BCUT2D eigenvalue weighted by atomic mass is 9.90. The second kappa shape index (κ2) is 6.56. The molecule has 3 N–H and O–H groups in total. The van der Waals surface area contributed by atoms with Crippen LogP contribution < -0.4 is 15.8 Å². The Labute approximate surface area is 119 Å². The van der Waals surface area contributed by atoms with Gasteiger partial charge in [0, 0.05) is 29.9 Å². The first-order valence-corrected chi connectivity index (χ1v) is 6.62. The molecular weight excluding hydrogens is 258 g/mol. The molecule has 1 atom stereocenters. The van der Waals surface area contributed by atoms with Gasteiger partial charge in [-0.25, -0.2) is 0 Å². The van der Waals surface area contributed by atoms with Gasteiger partial charge in [-0.15, -0.1) is 0 Å². The number of anilines is 1. The Balaban J connectivity index is 3.00. The van der Waals surface area contributed by atoms with Gasteiger partial charge in [-0.2, -0.15) is 0 Å². The number of hydrogen-bond acceptors (Lipinski definition) is 5. The molecule has 0 saturated heterocycles. The van der Waals surface area contributed by atoms with Gasteiger partial charge in [0.2, 0.25) is 0 Å². The largest absolute Gasteiger partial charge is 0.490 e. The molecule has 0 saturated carbocycles. The first kappa shape index (κ1) is 16.2. The van der Waals surface area contributed by atoms with Crippen molar-refractivity contribution in [3.8, 4) is 5.75 Å². The van der Waals surface area contributed by atoms with Crippen LogP contribution in [0.5, 0.6) is 5.75 Å². The Morgan fingerprint density at radius 2 is 2.15 bits per heavy atom. The predicted molar refractivity (Wildman–Crippen MR) is 80.2 cm³/mol. The zero-order chi connectivity index (χ0) is 15.3. The number of benzene rings is 1. The van der Waals surface area contributed by atoms with Crippen molar-refractivity contribution in [2.24, 2.45) is 11.7 Å². The van der Waals surface area contributed by atoms with Gasteiger partial charge in [-0.3, -0.25) is 10.1 Å². The first-order valence-electron chi connectivity index (χ1n) is 6.62. The summed E-state index contributed by atoms with van der Waals surface area (Å²) in [5, 5.41) is 14.2. The SMILES string of the molecule is COc1cc(NC(C)(CN)CC(C)C)ccc1[N+](=O)[O-]. The molecule has 0 heterocycles. The van der Waals surface area contributed by atoms with E-state index in [2.05, 4.69) is 19.2 Å². The minimum absolute atomic E-state index is 0.0450. The molecule has 20 heavy (non-hydrogen) atoms. The van der Waals surface area contributed by atoms with E-state index in [0.29, 0.717) is 12.5 Å². The Morgan fingerprint density at radius 1 is 1.50 bits per heavy atom. The molecule has 0 spiro atoms. The Morgan fingerprint density at radius 3 is 2.60 bits per heavy atom. The smallest absolute Gasteiger partial charge is 0.311 e. The van der Waals surface area contributed by atoms with Gasteiger partial charge in [0.15, 0.2) is 5.75 Å². The molecule has 1 aromatic rings. The average molecular weight is 281 g/mol. The van der Waals surface area contributed by atoms with Gasteiger partial charge in [0.1, 0.15) is 0 Å². The highest BCUT2D eigenvalue weighted by Gasteiger charge is 2.24. The molecule has 0 aliphatic heterocycles. The number of rotatable bonds is 7. The van der Waals surface area contributed by atoms with Crippen LogP contribution in [0.15, 0.2) is 18.2 Å². The Hall–Kier alpha value is -1.82. The van der Waals surface area contributed by atoms with Gasteiger partial charge < -0.3 is 15.8 Å². The highest BCUT2D eigenvalue weighted by atomic mass is 16.6. The zero-order valence-corrected chi connectivity index (χ0v) is 12.5. The molecule has 1 aromatic carbocycles. The summed E-state index contributed by atoms with van der Waals surface area (Å²) in [5.74, 6) is 0.736. The van der Waals surface area contributed by atoms with E-state index in [-0.39, 0.29) is 17.0 Å². The molecule has 0 aliphatic rings. The summed E-state index contributed by atoms with van der Waals surface area (Å²) < 4.78 is 5.06. The second-order valence-electron chi connectivity index (χ2n) is 5.63. The van der Waals surface area contributed by atoms with E-state index in [0.717, 1.165) is 12.1 Å². The lowest BCUT2D eigenvalue weighted by molar-refractivity contribution is -0.385. The van der Waals surface area contributed by atoms with Crippen molar-refractivity contribution in [3.63, 3.8) is 0 Å². The topological polar surface area (TPSA) is 90.4 Å². The van der Waals surface area contributed by atoms with Gasteiger partial charge in [-0.05, 0) is 25.3 Å². The summed E-state index contributed by atoms with van der Waals surface area (Å²) >= 11 is 0. The zero-order valence-electron chi connectivity index (χ0n) is 12.5. The minimum atomic E-state index is -0.459. The van der Waals surface area contributed by atoms with Gasteiger partial charge in [-0.1, -0.05) is 13.8 Å². The van der Waals surface area contributed by atoms with Crippen molar-refractivity contribution in [1.82, 2.24) is 0 Å². The Kier molecular flexibility index (Phi) is 5.33. The standard InChI is InChI=1S/C14H23N3O3/c1-10(2)8-14(3,9-15)16-11-5-6-12(17(18)19)13(7-11)20-4/h5-7,10,16H,8-9,15H2,1-4H3. The molecule has 0 aliphatic carbocycles. The normalized spacial score (nSPS) is 13.9. The molecule has 112 valence electrons. The third kappa shape index (κ3) is 4.09. The van der Waals surface area contributed by atoms with Gasteiger partial charge in [0.25, 0.3) is 0 Å². The van der Waals surface area contributed by atoms with Crippen LogP contribution in [-0.2, 0) is 0 Å². The van der Waals surface area contributed by atoms with E-state index >= 15 is 0 Å². The fourth-order valence-electron chi connectivity index (χ4n) is 2.34. The molecule has 1 unspecified atom stereocenters. The first-order chi connectivity index (χ1) is 9.31. The van der Waals surface area contributed by atoms with Crippen molar-refractivity contribution in [2.45, 2.75) is 32.7 Å². The highest BCUT2D eigenvalue weighted by Crippen LogP contribution is 2.31. The van der Waals surface area contributed by atoms with E-state index in [1.165, 1.54) is 13.2 Å². The van der Waals surface area contributed by atoms with Crippen LogP contribution in [0.3, 0.4) is 0 Å². The summed E-state index contributed by atoms with van der Waals surface area (Å²) in [4.78, 5) is 10.4. The van der Waals surface area contributed by atoms with Crippen molar-refractivity contribution in [3.05, 3.63) is 28.3 Å². The van der Waals surface area contributed by atoms with Crippen LogP contribution in [0.2, 0.25) is 0 Å². The van der Waals surface area contributed by atoms with Gasteiger partial charge >= 0.3 is 5.69 Å². The number of methoxy groups -OCH3 is 1. The van der Waals surface area contributed by atoms with E-state index in [1.54, 1.807) is 12.1 Å². The van der Waals surface area contributed by atoms with Crippen LogP contribution in [0.25, 0.3) is 0 Å². The maximum Gasteiger partial charge on any atom is 0.311 e. The van der Waals surface area contributed by atoms with Crippen LogP contribution in [0.4, 0.5) is 11.4 Å². The number of ether oxygens (including phenoxy) is 1. The molecule has 6 nitrogen and oxygen atoms in total. The van der Waals surface area contributed by atoms with Crippen molar-refractivity contribution in [1.29, 1.82) is 0 Å². The Bertz CT molecular complexity index is 477. The summed E-state index contributed by atoms with van der Waals surface area (Å²) in [6.07, 6.45) is 0.906. The van der Waals surface area contributed by atoms with Crippen molar-refractivity contribution >= 4 is 11.4 Å². The average Bonchev–Trinajstić information content (AvgIpc) is 2.37. The third-order valence-electron chi connectivity index (χ3n) is 3.13. The van der Waals surface area contributed by atoms with Crippen LogP contribution >= 0.6 is 0 Å². The molecule has 0 bridgehead atoms. The van der Waals surface area contributed by atoms with Crippen molar-refractivity contribution < 1.29 is 9.66 Å². The van der Waals surface area contributed by atoms with E-state index < -0.39 is 4.92 Å². The quantitative estimate of drug-likeness (QED) is 0.592. The summed E-state index contributed by atoms with van der Waals surface area (Å²) in [7, 11) is 1.42. The number of nitro groups is 1. The molecule has 0 fully saturated rings. The van der Waals surface area contributed by atoms with E-state index in [1.807, 2.05) is 6.92 Å². The second-order valence-corrected chi connectivity index (χ2v) is 5.63. The molecule has 6 heteroatoms. The number of nitrogens with one attached hydrogen (secondary N) is 1. The minimum Gasteiger partial charge on any atom is -0.490 e. The fourth-order valence-corrected chi connectivity index (χ4v) is 2.34. The summed E-state index contributed by atoms with van der Waals surface area (Å²) in [6.45, 7) is 6.78. The molecular formula is C14H23N3O3. The number of nitrogens with two attached hydrogens (primary N) is 1.